The fourth-order valence-corrected chi connectivity index (χ4v) is 7.14. The molecule has 2 aliphatic heterocycles. The van der Waals surface area contributed by atoms with Crippen LogP contribution >= 0.6 is 11.8 Å². The lowest BCUT2D eigenvalue weighted by Crippen LogP contribution is -2.39. The van der Waals surface area contributed by atoms with E-state index >= 15 is 0 Å². The Bertz CT molecular complexity index is 1510. The zero-order valence-electron chi connectivity index (χ0n) is 18.9. The molecule has 0 aromatic heterocycles. The van der Waals surface area contributed by atoms with Crippen molar-refractivity contribution in [1.29, 1.82) is 0 Å². The highest BCUT2D eigenvalue weighted by molar-refractivity contribution is 7.99. The molecule has 5 aromatic rings. The van der Waals surface area contributed by atoms with Crippen LogP contribution in [0.5, 0.6) is 0 Å². The second kappa shape index (κ2) is 7.38. The van der Waals surface area contributed by atoms with Gasteiger partial charge >= 0.3 is 0 Å². The molecule has 0 N–H and O–H groups in total. The summed E-state index contributed by atoms with van der Waals surface area (Å²) in [6.07, 6.45) is 0. The third kappa shape index (κ3) is 2.52. The zero-order valence-corrected chi connectivity index (χ0v) is 19.7. The summed E-state index contributed by atoms with van der Waals surface area (Å²) < 4.78 is 0. The fourth-order valence-electron chi connectivity index (χ4n) is 5.89. The number of nitrogens with zero attached hydrogens (tertiary/aromatic N) is 1. The lowest BCUT2D eigenvalue weighted by Gasteiger charge is -2.49. The molecular formula is C32H23NS. The Balaban J connectivity index is 1.68. The molecule has 0 atom stereocenters. The first kappa shape index (κ1) is 19.7. The molecule has 0 bridgehead atoms. The van der Waals surface area contributed by atoms with E-state index in [-0.39, 0.29) is 5.41 Å². The van der Waals surface area contributed by atoms with Crippen molar-refractivity contribution in [3.8, 4) is 0 Å². The van der Waals surface area contributed by atoms with E-state index in [0.29, 0.717) is 0 Å². The molecule has 2 heterocycles. The molecule has 34 heavy (non-hydrogen) atoms. The van der Waals surface area contributed by atoms with Crippen molar-refractivity contribution >= 4 is 28.8 Å². The minimum atomic E-state index is -0.373. The monoisotopic (exact) mass is 453 g/mol. The van der Waals surface area contributed by atoms with Gasteiger partial charge in [-0.15, -0.1) is 0 Å². The maximum atomic E-state index is 2.43. The fraction of sp³-hybridized carbons (Fsp3) is 0.0625. The molecule has 2 aliphatic rings. The van der Waals surface area contributed by atoms with Crippen LogP contribution in [0.2, 0.25) is 0 Å². The number of benzene rings is 5. The number of anilines is 3. The van der Waals surface area contributed by atoms with Gasteiger partial charge in [-0.05, 0) is 65.1 Å². The van der Waals surface area contributed by atoms with Crippen molar-refractivity contribution in [3.63, 3.8) is 0 Å². The highest BCUT2D eigenvalue weighted by atomic mass is 32.2. The van der Waals surface area contributed by atoms with E-state index in [4.69, 9.17) is 0 Å². The highest BCUT2D eigenvalue weighted by Gasteiger charge is 2.50. The molecule has 0 amide bonds. The van der Waals surface area contributed by atoms with Crippen molar-refractivity contribution in [3.05, 3.63) is 149 Å². The highest BCUT2D eigenvalue weighted by Crippen LogP contribution is 2.62. The van der Waals surface area contributed by atoms with E-state index in [1.807, 2.05) is 11.8 Å². The van der Waals surface area contributed by atoms with Crippen LogP contribution in [0.4, 0.5) is 17.1 Å². The SMILES string of the molecule is Cc1cccc2c1Sc1ccccc1C21c2ccccc2N(c2ccccc2)c2ccccc21. The number of fused-ring (bicyclic) bond motifs is 8. The summed E-state index contributed by atoms with van der Waals surface area (Å²) in [5, 5.41) is 0. The molecular weight excluding hydrogens is 430 g/mol. The number of aryl methyl sites for hydroxylation is 1. The van der Waals surface area contributed by atoms with Crippen molar-refractivity contribution in [2.24, 2.45) is 0 Å². The van der Waals surface area contributed by atoms with Gasteiger partial charge in [0.05, 0.1) is 16.8 Å². The molecule has 2 heteroatoms. The van der Waals surface area contributed by atoms with Gasteiger partial charge in [0.2, 0.25) is 0 Å². The van der Waals surface area contributed by atoms with Gasteiger partial charge in [0.25, 0.3) is 0 Å². The molecule has 1 spiro atoms. The van der Waals surface area contributed by atoms with E-state index in [0.717, 1.165) is 0 Å². The molecule has 0 aliphatic carbocycles. The summed E-state index contributed by atoms with van der Waals surface area (Å²) in [5.74, 6) is 0. The number of para-hydroxylation sites is 3. The van der Waals surface area contributed by atoms with Crippen LogP contribution in [-0.2, 0) is 5.41 Å². The van der Waals surface area contributed by atoms with Crippen LogP contribution in [0.15, 0.2) is 131 Å². The molecule has 0 unspecified atom stereocenters. The van der Waals surface area contributed by atoms with Crippen LogP contribution < -0.4 is 4.90 Å². The summed E-state index contributed by atoms with van der Waals surface area (Å²) in [6.45, 7) is 2.24. The van der Waals surface area contributed by atoms with E-state index in [9.17, 15) is 0 Å². The first-order chi connectivity index (χ1) is 16.8. The normalized spacial score (nSPS) is 14.7. The standard InChI is InChI=1S/C32H23NS/c1-22-12-11-18-27-31(22)34-30-21-10-7-17-26(30)32(27)24-15-5-8-19-28(24)33(23-13-3-2-4-14-23)29-20-9-6-16-25(29)32/h2-21H,1H3. The molecule has 1 nitrogen and oxygen atoms in total. The van der Waals surface area contributed by atoms with Gasteiger partial charge in [0.1, 0.15) is 0 Å². The first-order valence-electron chi connectivity index (χ1n) is 11.7. The lowest BCUT2D eigenvalue weighted by molar-refractivity contribution is 0.689. The summed E-state index contributed by atoms with van der Waals surface area (Å²) >= 11 is 1.91. The van der Waals surface area contributed by atoms with Crippen molar-refractivity contribution in [2.45, 2.75) is 22.1 Å². The zero-order chi connectivity index (χ0) is 22.7. The van der Waals surface area contributed by atoms with Crippen molar-refractivity contribution in [2.75, 3.05) is 4.90 Å². The van der Waals surface area contributed by atoms with Gasteiger partial charge in [-0.2, -0.15) is 0 Å². The van der Waals surface area contributed by atoms with Gasteiger partial charge in [0.15, 0.2) is 0 Å². The van der Waals surface area contributed by atoms with Crippen LogP contribution in [0.25, 0.3) is 0 Å². The Kier molecular flexibility index (Phi) is 4.27. The van der Waals surface area contributed by atoms with Crippen molar-refractivity contribution in [1.82, 2.24) is 0 Å². The number of hydrogen-bond donors (Lipinski definition) is 0. The van der Waals surface area contributed by atoms with E-state index in [2.05, 4.69) is 133 Å². The smallest absolute Gasteiger partial charge is 0.0764 e. The molecule has 7 rings (SSSR count). The van der Waals surface area contributed by atoms with Gasteiger partial charge in [-0.25, -0.2) is 0 Å². The second-order valence-corrected chi connectivity index (χ2v) is 10.1. The molecule has 0 saturated heterocycles. The predicted octanol–water partition coefficient (Wildman–Crippen LogP) is 8.63. The lowest BCUT2D eigenvalue weighted by atomic mass is 9.62. The van der Waals surface area contributed by atoms with Crippen LogP contribution in [0.3, 0.4) is 0 Å². The van der Waals surface area contributed by atoms with E-state index in [1.54, 1.807) is 0 Å². The van der Waals surface area contributed by atoms with Crippen molar-refractivity contribution < 1.29 is 0 Å². The Labute approximate surface area is 204 Å². The van der Waals surface area contributed by atoms with Gasteiger partial charge < -0.3 is 4.90 Å². The third-order valence-corrected chi connectivity index (χ3v) is 8.55. The summed E-state index contributed by atoms with van der Waals surface area (Å²) in [7, 11) is 0. The maximum absolute atomic E-state index is 2.43. The topological polar surface area (TPSA) is 3.24 Å². The molecule has 5 aromatic carbocycles. The Morgan fingerprint density at radius 3 is 1.79 bits per heavy atom. The largest absolute Gasteiger partial charge is 0.310 e. The van der Waals surface area contributed by atoms with E-state index < -0.39 is 0 Å². The molecule has 0 fully saturated rings. The molecule has 162 valence electrons. The second-order valence-electron chi connectivity index (χ2n) is 9.01. The average molecular weight is 454 g/mol. The first-order valence-corrected chi connectivity index (χ1v) is 12.5. The number of rotatable bonds is 1. The van der Waals surface area contributed by atoms with Crippen LogP contribution in [0, 0.1) is 6.92 Å². The summed E-state index contributed by atoms with van der Waals surface area (Å²) in [5.41, 5.74) is 10.0. The average Bonchev–Trinajstić information content (AvgIpc) is 2.90. The minimum absolute atomic E-state index is 0.373. The Hall–Kier alpha value is -3.75. The quantitative estimate of drug-likeness (QED) is 0.245. The molecule has 0 saturated carbocycles. The van der Waals surface area contributed by atoms with Crippen LogP contribution in [-0.4, -0.2) is 0 Å². The number of hydrogen-bond acceptors (Lipinski definition) is 2. The third-order valence-electron chi connectivity index (χ3n) is 7.23. The molecule has 0 radical (unpaired) electrons. The Morgan fingerprint density at radius 2 is 1.09 bits per heavy atom. The summed E-state index contributed by atoms with van der Waals surface area (Å²) in [6, 6.07) is 44.4. The van der Waals surface area contributed by atoms with Gasteiger partial charge in [-0.3, -0.25) is 0 Å². The predicted molar refractivity (Wildman–Crippen MR) is 142 cm³/mol. The Morgan fingerprint density at radius 1 is 0.529 bits per heavy atom. The maximum Gasteiger partial charge on any atom is 0.0764 e. The van der Waals surface area contributed by atoms with Gasteiger partial charge in [0, 0.05) is 15.5 Å². The van der Waals surface area contributed by atoms with E-state index in [1.165, 1.54) is 54.7 Å². The summed E-state index contributed by atoms with van der Waals surface area (Å²) in [4.78, 5) is 5.14. The van der Waals surface area contributed by atoms with Crippen LogP contribution in [0.1, 0.15) is 27.8 Å². The van der Waals surface area contributed by atoms with Gasteiger partial charge in [-0.1, -0.05) is 103 Å². The minimum Gasteiger partial charge on any atom is -0.310 e.